The quantitative estimate of drug-likeness (QED) is 0.384. The van der Waals surface area contributed by atoms with Gasteiger partial charge in [0.2, 0.25) is 0 Å². The Bertz CT molecular complexity index is 1450. The van der Waals surface area contributed by atoms with Gasteiger partial charge in [-0.15, -0.1) is 0 Å². The summed E-state index contributed by atoms with van der Waals surface area (Å²) in [6.07, 6.45) is -1.73. The van der Waals surface area contributed by atoms with Crippen molar-refractivity contribution in [3.05, 3.63) is 71.4 Å². The first-order valence-electron chi connectivity index (χ1n) is 9.41. The van der Waals surface area contributed by atoms with Crippen molar-refractivity contribution in [1.29, 1.82) is 0 Å². The lowest BCUT2D eigenvalue weighted by Gasteiger charge is -2.16. The molecule has 7 nitrogen and oxygen atoms in total. The lowest BCUT2D eigenvalue weighted by atomic mass is 10.0. The second kappa shape index (κ2) is 7.72. The van der Waals surface area contributed by atoms with Crippen LogP contribution in [0.25, 0.3) is 33.5 Å². The molecule has 0 bridgehead atoms. The molecule has 5 rings (SSSR count). The number of imidazole rings is 1. The molecule has 0 amide bonds. The summed E-state index contributed by atoms with van der Waals surface area (Å²) in [7, 11) is 0. The normalized spacial score (nSPS) is 11.9. The summed E-state index contributed by atoms with van der Waals surface area (Å²) >= 11 is 6.26. The number of hydrogen-bond acceptors (Lipinski definition) is 6. The van der Waals surface area contributed by atoms with Gasteiger partial charge in [-0.05, 0) is 18.2 Å². The van der Waals surface area contributed by atoms with Gasteiger partial charge in [-0.2, -0.15) is 13.2 Å². The summed E-state index contributed by atoms with van der Waals surface area (Å²) in [5.74, 6) is 0.416. The smallest absolute Gasteiger partial charge is 0.362 e. The third-order valence-electron chi connectivity index (χ3n) is 4.85. The van der Waals surface area contributed by atoms with E-state index < -0.39 is 11.7 Å². The van der Waals surface area contributed by atoms with Crippen LogP contribution in [-0.2, 0) is 12.7 Å². The van der Waals surface area contributed by atoms with Gasteiger partial charge in [0.1, 0.15) is 17.4 Å². The van der Waals surface area contributed by atoms with E-state index in [1.165, 1.54) is 30.9 Å². The fourth-order valence-corrected chi connectivity index (χ4v) is 3.63. The van der Waals surface area contributed by atoms with Gasteiger partial charge in [0.25, 0.3) is 0 Å². The molecular weight excluding hydrogens is 443 g/mol. The summed E-state index contributed by atoms with van der Waals surface area (Å²) < 4.78 is 41.2. The number of hydrogen-bond donors (Lipinski definition) is 2. The Balaban J connectivity index is 1.66. The third kappa shape index (κ3) is 3.58. The molecule has 0 spiro atoms. The highest BCUT2D eigenvalue weighted by Crippen LogP contribution is 2.38. The molecule has 0 saturated heterocycles. The molecule has 32 heavy (non-hydrogen) atoms. The van der Waals surface area contributed by atoms with E-state index in [0.29, 0.717) is 38.7 Å². The Kier molecular flexibility index (Phi) is 4.86. The largest absolute Gasteiger partial charge is 0.417 e. The van der Waals surface area contributed by atoms with Crippen molar-refractivity contribution < 1.29 is 13.2 Å². The number of aromatic amines is 1. The van der Waals surface area contributed by atoms with E-state index in [4.69, 9.17) is 11.6 Å². The molecule has 0 saturated carbocycles. The Morgan fingerprint density at radius 3 is 2.62 bits per heavy atom. The highest BCUT2D eigenvalue weighted by Gasteiger charge is 2.34. The molecule has 3 heterocycles. The summed E-state index contributed by atoms with van der Waals surface area (Å²) in [4.78, 5) is 24.4. The Morgan fingerprint density at radius 2 is 1.78 bits per heavy atom. The van der Waals surface area contributed by atoms with Crippen LogP contribution in [0.1, 0.15) is 11.3 Å². The number of fused-ring (bicyclic) bond motifs is 2. The molecule has 0 atom stereocenters. The van der Waals surface area contributed by atoms with E-state index in [1.54, 1.807) is 18.2 Å². The number of anilines is 1. The minimum Gasteiger partial charge on any atom is -0.362 e. The molecule has 3 aromatic heterocycles. The zero-order chi connectivity index (χ0) is 22.3. The fraction of sp³-hybridized carbons (Fsp3) is 0.0952. The van der Waals surface area contributed by atoms with E-state index in [1.807, 2.05) is 0 Å². The van der Waals surface area contributed by atoms with Crippen molar-refractivity contribution in [2.75, 3.05) is 5.32 Å². The van der Waals surface area contributed by atoms with Crippen LogP contribution in [0.2, 0.25) is 5.02 Å². The molecule has 2 N–H and O–H groups in total. The van der Waals surface area contributed by atoms with Gasteiger partial charge in [-0.25, -0.2) is 24.9 Å². The van der Waals surface area contributed by atoms with Gasteiger partial charge in [0.05, 0.1) is 40.4 Å². The number of alkyl halides is 3. The monoisotopic (exact) mass is 455 g/mol. The number of aromatic nitrogens is 6. The van der Waals surface area contributed by atoms with Crippen LogP contribution in [0.5, 0.6) is 0 Å². The molecule has 2 aromatic carbocycles. The maximum Gasteiger partial charge on any atom is 0.417 e. The summed E-state index contributed by atoms with van der Waals surface area (Å²) in [5, 5.41) is 3.39. The van der Waals surface area contributed by atoms with E-state index in [0.717, 1.165) is 6.07 Å². The molecule has 11 heteroatoms. The first kappa shape index (κ1) is 20.1. The molecular formula is C21H13ClF3N7. The molecule has 0 fully saturated rings. The van der Waals surface area contributed by atoms with Crippen LogP contribution in [0.4, 0.5) is 19.0 Å². The van der Waals surface area contributed by atoms with Gasteiger partial charge < -0.3 is 10.3 Å². The van der Waals surface area contributed by atoms with Crippen LogP contribution in [0, 0.1) is 0 Å². The van der Waals surface area contributed by atoms with E-state index >= 15 is 0 Å². The van der Waals surface area contributed by atoms with Gasteiger partial charge in [0.15, 0.2) is 11.5 Å². The van der Waals surface area contributed by atoms with Crippen LogP contribution < -0.4 is 5.32 Å². The predicted molar refractivity (Wildman–Crippen MR) is 114 cm³/mol. The zero-order valence-electron chi connectivity index (χ0n) is 16.2. The minimum absolute atomic E-state index is 0.0515. The Labute approximate surface area is 183 Å². The molecule has 160 valence electrons. The molecule has 0 aliphatic heterocycles. The van der Waals surface area contributed by atoms with Gasteiger partial charge >= 0.3 is 6.18 Å². The van der Waals surface area contributed by atoms with Crippen molar-refractivity contribution in [3.8, 4) is 11.3 Å². The first-order valence-corrected chi connectivity index (χ1v) is 9.79. The number of benzene rings is 2. The fourth-order valence-electron chi connectivity index (χ4n) is 3.42. The highest BCUT2D eigenvalue weighted by molar-refractivity contribution is 6.34. The number of nitrogens with zero attached hydrogens (tertiary/aromatic N) is 5. The topological polar surface area (TPSA) is 92.3 Å². The standard InChI is InChI=1S/C21H13ClF3N7/c22-13-6-3-7-14-17(13)32-16(11-4-1-2-5-12(11)21(23,24)25)15(31-14)8-26-19-18-20(28-9-27-18)30-10-29-19/h1-7,9-10H,8H2,(H2,26,27,28,29,30). The number of para-hydroxylation sites is 1. The van der Waals surface area contributed by atoms with Crippen LogP contribution in [-0.4, -0.2) is 29.9 Å². The Morgan fingerprint density at radius 1 is 0.938 bits per heavy atom. The number of H-pyrrole nitrogens is 1. The van der Waals surface area contributed by atoms with Crippen molar-refractivity contribution >= 4 is 39.6 Å². The third-order valence-corrected chi connectivity index (χ3v) is 5.15. The van der Waals surface area contributed by atoms with Crippen LogP contribution >= 0.6 is 11.6 Å². The second-order valence-corrected chi connectivity index (χ2v) is 7.25. The number of halogens is 4. The zero-order valence-corrected chi connectivity index (χ0v) is 16.9. The molecule has 0 radical (unpaired) electrons. The number of rotatable bonds is 4. The molecule has 0 aliphatic carbocycles. The van der Waals surface area contributed by atoms with E-state index in [2.05, 4.69) is 35.2 Å². The van der Waals surface area contributed by atoms with Crippen molar-refractivity contribution in [1.82, 2.24) is 29.9 Å². The van der Waals surface area contributed by atoms with Gasteiger partial charge in [-0.3, -0.25) is 0 Å². The van der Waals surface area contributed by atoms with E-state index in [9.17, 15) is 13.2 Å². The minimum atomic E-state index is -4.56. The second-order valence-electron chi connectivity index (χ2n) is 6.85. The average molecular weight is 456 g/mol. The van der Waals surface area contributed by atoms with Crippen LogP contribution in [0.3, 0.4) is 0 Å². The first-order chi connectivity index (χ1) is 15.4. The lowest BCUT2D eigenvalue weighted by molar-refractivity contribution is -0.137. The molecule has 0 unspecified atom stereocenters. The Hall–Kier alpha value is -3.79. The summed E-state index contributed by atoms with van der Waals surface area (Å²) in [5.41, 5.74) is 1.31. The maximum absolute atomic E-state index is 13.7. The molecule has 5 aromatic rings. The van der Waals surface area contributed by atoms with Crippen LogP contribution in [0.15, 0.2) is 55.1 Å². The maximum atomic E-state index is 13.7. The number of nitrogens with one attached hydrogen (secondary N) is 2. The van der Waals surface area contributed by atoms with Crippen molar-refractivity contribution in [2.45, 2.75) is 12.7 Å². The molecule has 0 aliphatic rings. The summed E-state index contributed by atoms with van der Waals surface area (Å²) in [6, 6.07) is 10.3. The van der Waals surface area contributed by atoms with Crippen molar-refractivity contribution in [3.63, 3.8) is 0 Å². The SMILES string of the molecule is FC(F)(F)c1ccccc1-c1nc2c(Cl)cccc2nc1CNc1ncnc2[nH]cnc12. The predicted octanol–water partition coefficient (Wildman–Crippen LogP) is 5.25. The summed E-state index contributed by atoms with van der Waals surface area (Å²) in [6.45, 7) is 0.0515. The average Bonchev–Trinajstić information content (AvgIpc) is 3.26. The van der Waals surface area contributed by atoms with Gasteiger partial charge in [0, 0.05) is 5.56 Å². The van der Waals surface area contributed by atoms with E-state index in [-0.39, 0.29) is 17.8 Å². The van der Waals surface area contributed by atoms with Gasteiger partial charge in [-0.1, -0.05) is 35.9 Å². The highest BCUT2D eigenvalue weighted by atomic mass is 35.5. The lowest BCUT2D eigenvalue weighted by Crippen LogP contribution is -2.11. The van der Waals surface area contributed by atoms with Crippen molar-refractivity contribution in [2.24, 2.45) is 0 Å².